The van der Waals surface area contributed by atoms with Crippen LogP contribution in [0.2, 0.25) is 0 Å². The van der Waals surface area contributed by atoms with E-state index in [9.17, 15) is 4.79 Å². The van der Waals surface area contributed by atoms with Gasteiger partial charge >= 0.3 is 5.97 Å². The largest absolute Gasteiger partial charge is 0.458 e. The van der Waals surface area contributed by atoms with Gasteiger partial charge in [-0.05, 0) is 44.6 Å². The maximum atomic E-state index is 12.1. The molecule has 4 nitrogen and oxygen atoms in total. The Morgan fingerprint density at radius 2 is 2.00 bits per heavy atom. The number of nitrogens with two attached hydrogens (primary N) is 1. The Kier molecular flexibility index (Phi) is 2.57. The fourth-order valence-electron chi connectivity index (χ4n) is 2.54. The van der Waals surface area contributed by atoms with Gasteiger partial charge in [-0.3, -0.25) is 0 Å². The van der Waals surface area contributed by atoms with Crippen molar-refractivity contribution in [1.82, 2.24) is 4.57 Å². The van der Waals surface area contributed by atoms with E-state index in [4.69, 9.17) is 10.5 Å². The number of nitrogen functional groups attached to an aromatic ring is 1. The fourth-order valence-corrected chi connectivity index (χ4v) is 2.54. The zero-order chi connectivity index (χ0) is 11.8. The van der Waals surface area contributed by atoms with Crippen molar-refractivity contribution >= 4 is 11.7 Å². The van der Waals surface area contributed by atoms with Gasteiger partial charge in [0.05, 0.1) is 5.69 Å². The number of anilines is 1. The molecule has 2 saturated carbocycles. The van der Waals surface area contributed by atoms with Crippen LogP contribution in [0.3, 0.4) is 0 Å². The van der Waals surface area contributed by atoms with Crippen molar-refractivity contribution in [3.63, 3.8) is 0 Å². The Bertz CT molecular complexity index is 429. The van der Waals surface area contributed by atoms with E-state index >= 15 is 0 Å². The van der Waals surface area contributed by atoms with E-state index in [2.05, 4.69) is 0 Å². The normalized spacial score (nSPS) is 20.7. The fraction of sp³-hybridized carbons (Fsp3) is 0.615. The van der Waals surface area contributed by atoms with E-state index in [-0.39, 0.29) is 12.1 Å². The molecule has 0 aromatic carbocycles. The van der Waals surface area contributed by atoms with E-state index in [1.165, 1.54) is 12.8 Å². The summed E-state index contributed by atoms with van der Waals surface area (Å²) in [5, 5.41) is 0. The molecule has 2 fully saturated rings. The monoisotopic (exact) mass is 234 g/mol. The van der Waals surface area contributed by atoms with Gasteiger partial charge in [0, 0.05) is 12.2 Å². The minimum atomic E-state index is -0.208. The third-order valence-electron chi connectivity index (χ3n) is 3.60. The molecule has 0 spiro atoms. The Labute approximate surface area is 101 Å². The molecule has 17 heavy (non-hydrogen) atoms. The first-order valence-corrected chi connectivity index (χ1v) is 6.42. The Morgan fingerprint density at radius 1 is 1.29 bits per heavy atom. The number of esters is 1. The van der Waals surface area contributed by atoms with Crippen molar-refractivity contribution in [3.8, 4) is 0 Å². The summed E-state index contributed by atoms with van der Waals surface area (Å²) in [6, 6.07) is 2.19. The molecule has 1 aromatic heterocycles. The van der Waals surface area contributed by atoms with Crippen molar-refractivity contribution in [1.29, 1.82) is 0 Å². The second-order valence-electron chi connectivity index (χ2n) is 5.11. The van der Waals surface area contributed by atoms with Crippen LogP contribution in [-0.2, 0) is 4.74 Å². The highest BCUT2D eigenvalue weighted by molar-refractivity contribution is 5.89. The maximum Gasteiger partial charge on any atom is 0.355 e. The van der Waals surface area contributed by atoms with Crippen LogP contribution in [0.25, 0.3) is 0 Å². The van der Waals surface area contributed by atoms with Crippen molar-refractivity contribution in [2.24, 2.45) is 0 Å². The molecule has 2 N–H and O–H groups in total. The van der Waals surface area contributed by atoms with Crippen LogP contribution < -0.4 is 5.73 Å². The summed E-state index contributed by atoms with van der Waals surface area (Å²) in [5.41, 5.74) is 7.03. The number of aromatic nitrogens is 1. The molecule has 0 saturated heterocycles. The molecule has 2 aliphatic rings. The van der Waals surface area contributed by atoms with E-state index in [0.717, 1.165) is 25.7 Å². The molecule has 2 aliphatic carbocycles. The van der Waals surface area contributed by atoms with Crippen molar-refractivity contribution in [2.75, 3.05) is 5.73 Å². The minimum Gasteiger partial charge on any atom is -0.458 e. The third kappa shape index (κ3) is 2.16. The summed E-state index contributed by atoms with van der Waals surface area (Å²) in [6.45, 7) is 0. The number of nitrogens with zero attached hydrogens (tertiary/aromatic N) is 1. The molecule has 0 atom stereocenters. The number of hydrogen-bond acceptors (Lipinski definition) is 3. The Morgan fingerprint density at radius 3 is 2.65 bits per heavy atom. The lowest BCUT2D eigenvalue weighted by molar-refractivity contribution is 0.0305. The standard InChI is InChI=1S/C13H18N2O2/c14-9-7-12(15(8-9)10-5-6-10)13(16)17-11-3-1-2-4-11/h7-8,10-11H,1-6,14H2. The highest BCUT2D eigenvalue weighted by Gasteiger charge is 2.29. The van der Waals surface area contributed by atoms with Crippen LogP contribution in [0.15, 0.2) is 12.3 Å². The van der Waals surface area contributed by atoms with Gasteiger partial charge in [-0.25, -0.2) is 4.79 Å². The van der Waals surface area contributed by atoms with Crippen LogP contribution in [0, 0.1) is 0 Å². The van der Waals surface area contributed by atoms with Gasteiger partial charge in [0.25, 0.3) is 0 Å². The molecule has 0 radical (unpaired) electrons. The predicted octanol–water partition coefficient (Wildman–Crippen LogP) is 2.50. The molecule has 1 aromatic rings. The first-order chi connectivity index (χ1) is 8.24. The van der Waals surface area contributed by atoms with E-state index < -0.39 is 0 Å². The first-order valence-electron chi connectivity index (χ1n) is 6.42. The summed E-state index contributed by atoms with van der Waals surface area (Å²) in [4.78, 5) is 12.1. The average molecular weight is 234 g/mol. The predicted molar refractivity (Wildman–Crippen MR) is 64.8 cm³/mol. The van der Waals surface area contributed by atoms with Gasteiger partial charge in [0.2, 0.25) is 0 Å². The summed E-state index contributed by atoms with van der Waals surface area (Å²) in [7, 11) is 0. The van der Waals surface area contributed by atoms with Gasteiger partial charge in [0.1, 0.15) is 11.8 Å². The summed E-state index contributed by atoms with van der Waals surface area (Å²) < 4.78 is 7.49. The SMILES string of the molecule is Nc1cc(C(=O)OC2CCCC2)n(C2CC2)c1. The number of rotatable bonds is 3. The third-order valence-corrected chi connectivity index (χ3v) is 3.60. The molecule has 0 amide bonds. The Balaban J connectivity index is 1.75. The van der Waals surface area contributed by atoms with Crippen LogP contribution >= 0.6 is 0 Å². The highest BCUT2D eigenvalue weighted by Crippen LogP contribution is 2.37. The van der Waals surface area contributed by atoms with Crippen LogP contribution in [0.4, 0.5) is 5.69 Å². The molecule has 1 heterocycles. The van der Waals surface area contributed by atoms with Crippen molar-refractivity contribution in [3.05, 3.63) is 18.0 Å². The second-order valence-corrected chi connectivity index (χ2v) is 5.11. The van der Waals surface area contributed by atoms with Crippen LogP contribution in [0.5, 0.6) is 0 Å². The quantitative estimate of drug-likeness (QED) is 0.817. The molecule has 92 valence electrons. The zero-order valence-corrected chi connectivity index (χ0v) is 9.89. The van der Waals surface area contributed by atoms with Crippen LogP contribution in [0.1, 0.15) is 55.1 Å². The van der Waals surface area contributed by atoms with Crippen LogP contribution in [-0.4, -0.2) is 16.6 Å². The maximum absolute atomic E-state index is 12.1. The van der Waals surface area contributed by atoms with Gasteiger partial charge in [-0.2, -0.15) is 0 Å². The number of carbonyl (C=O) groups is 1. The summed E-state index contributed by atoms with van der Waals surface area (Å²) in [6.07, 6.45) is 8.59. The topological polar surface area (TPSA) is 57.3 Å². The van der Waals surface area contributed by atoms with E-state index in [1.54, 1.807) is 6.07 Å². The van der Waals surface area contributed by atoms with Gasteiger partial charge in [-0.15, -0.1) is 0 Å². The zero-order valence-electron chi connectivity index (χ0n) is 9.89. The number of ether oxygens (including phenoxy) is 1. The molecular weight excluding hydrogens is 216 g/mol. The number of hydrogen-bond donors (Lipinski definition) is 1. The van der Waals surface area contributed by atoms with E-state index in [1.807, 2.05) is 10.8 Å². The van der Waals surface area contributed by atoms with Crippen molar-refractivity contribution in [2.45, 2.75) is 50.7 Å². The summed E-state index contributed by atoms with van der Waals surface area (Å²) >= 11 is 0. The van der Waals surface area contributed by atoms with E-state index in [0.29, 0.717) is 17.4 Å². The molecular formula is C13H18N2O2. The smallest absolute Gasteiger partial charge is 0.355 e. The molecule has 3 rings (SSSR count). The minimum absolute atomic E-state index is 0.117. The van der Waals surface area contributed by atoms with Gasteiger partial charge in [-0.1, -0.05) is 0 Å². The Hall–Kier alpha value is -1.45. The summed E-state index contributed by atoms with van der Waals surface area (Å²) in [5.74, 6) is -0.208. The second kappa shape index (κ2) is 4.09. The molecule has 0 bridgehead atoms. The molecule has 0 unspecified atom stereocenters. The lowest BCUT2D eigenvalue weighted by Crippen LogP contribution is -2.17. The molecule has 4 heteroatoms. The lowest BCUT2D eigenvalue weighted by atomic mass is 10.3. The van der Waals surface area contributed by atoms with Crippen molar-refractivity contribution < 1.29 is 9.53 Å². The highest BCUT2D eigenvalue weighted by atomic mass is 16.5. The van der Waals surface area contributed by atoms with Gasteiger partial charge in [0.15, 0.2) is 0 Å². The number of carbonyl (C=O) groups excluding carboxylic acids is 1. The first kappa shape index (κ1) is 10.7. The molecule has 0 aliphatic heterocycles. The lowest BCUT2D eigenvalue weighted by Gasteiger charge is -2.12. The van der Waals surface area contributed by atoms with Gasteiger partial charge < -0.3 is 15.0 Å². The average Bonchev–Trinajstić information content (AvgIpc) is 2.88.